The van der Waals surface area contributed by atoms with Gasteiger partial charge in [-0.1, -0.05) is 12.1 Å². The van der Waals surface area contributed by atoms with Crippen molar-refractivity contribution in [3.05, 3.63) is 83.1 Å². The Bertz CT molecular complexity index is 1230. The van der Waals surface area contributed by atoms with Crippen LogP contribution >= 0.6 is 0 Å². The average Bonchev–Trinajstić information content (AvgIpc) is 3.28. The fourth-order valence-electron chi connectivity index (χ4n) is 3.41. The van der Waals surface area contributed by atoms with Gasteiger partial charge in [-0.05, 0) is 36.4 Å². The number of carbonyl (C=O) groups is 2. The summed E-state index contributed by atoms with van der Waals surface area (Å²) in [6.45, 7) is 0. The van der Waals surface area contributed by atoms with Gasteiger partial charge < -0.3 is 19.6 Å². The molecule has 1 aliphatic rings. The van der Waals surface area contributed by atoms with Gasteiger partial charge in [0.25, 0.3) is 5.91 Å². The lowest BCUT2D eigenvalue weighted by Crippen LogP contribution is -2.33. The van der Waals surface area contributed by atoms with Gasteiger partial charge in [0.1, 0.15) is 17.6 Å². The van der Waals surface area contributed by atoms with Crippen LogP contribution in [0.5, 0.6) is 5.75 Å². The van der Waals surface area contributed by atoms with E-state index in [1.807, 2.05) is 0 Å². The molecule has 7 nitrogen and oxygen atoms in total. The van der Waals surface area contributed by atoms with Crippen molar-refractivity contribution in [2.45, 2.75) is 12.3 Å². The Balaban J connectivity index is 1.93. The first-order chi connectivity index (χ1) is 15.2. The Morgan fingerprint density at radius 1 is 1.12 bits per heavy atom. The topological polar surface area (TPSA) is 102 Å². The number of furan rings is 1. The third kappa shape index (κ3) is 3.65. The van der Waals surface area contributed by atoms with Crippen LogP contribution in [-0.2, 0) is 0 Å². The standard InChI is InChI=1S/C22H15F3N2O5/c1-31-14-6-3-2-5-11(14)13-9-8-12-17(26-13)19(29)16(18(28)15-7-4-10-32-15)20(22(23,24)25)27-21(12)30/h2-10,19,29H,1H3,(H,27,30). The van der Waals surface area contributed by atoms with Gasteiger partial charge in [0, 0.05) is 5.56 Å². The number of aliphatic hydroxyl groups is 1. The number of carbonyl (C=O) groups excluding carboxylic acids is 2. The van der Waals surface area contributed by atoms with Crippen LogP contribution in [0, 0.1) is 0 Å². The summed E-state index contributed by atoms with van der Waals surface area (Å²) in [7, 11) is 1.43. The molecule has 0 saturated heterocycles. The van der Waals surface area contributed by atoms with Crippen molar-refractivity contribution in [1.29, 1.82) is 0 Å². The summed E-state index contributed by atoms with van der Waals surface area (Å²) in [5.41, 5.74) is -2.76. The van der Waals surface area contributed by atoms with Gasteiger partial charge in [0.05, 0.1) is 35.9 Å². The molecular formula is C22H15F3N2O5. The number of methoxy groups -OCH3 is 1. The zero-order valence-electron chi connectivity index (χ0n) is 16.4. The first-order valence-electron chi connectivity index (χ1n) is 9.25. The van der Waals surface area contributed by atoms with E-state index >= 15 is 0 Å². The number of alkyl halides is 3. The number of nitrogens with one attached hydrogen (secondary N) is 1. The molecule has 3 aromatic rings. The molecule has 0 radical (unpaired) electrons. The smallest absolute Gasteiger partial charge is 0.431 e. The summed E-state index contributed by atoms with van der Waals surface area (Å²) in [4.78, 5) is 29.7. The monoisotopic (exact) mass is 444 g/mol. The Labute approximate surface area is 179 Å². The van der Waals surface area contributed by atoms with Crippen LogP contribution in [0.15, 0.2) is 70.5 Å². The Hall–Kier alpha value is -3.92. The molecule has 2 aromatic heterocycles. The number of hydrogen-bond acceptors (Lipinski definition) is 6. The molecule has 0 fully saturated rings. The van der Waals surface area contributed by atoms with E-state index in [-0.39, 0.29) is 11.3 Å². The summed E-state index contributed by atoms with van der Waals surface area (Å²) in [6.07, 6.45) is -6.19. The van der Waals surface area contributed by atoms with E-state index in [2.05, 4.69) is 4.98 Å². The third-order valence-corrected chi connectivity index (χ3v) is 4.87. The van der Waals surface area contributed by atoms with Crippen molar-refractivity contribution < 1.29 is 37.0 Å². The van der Waals surface area contributed by atoms with E-state index < -0.39 is 46.7 Å². The molecule has 1 atom stereocenters. The number of Topliss-reactive ketones (excluding diaryl/α,β-unsaturated/α-hetero) is 1. The minimum absolute atomic E-state index is 0.230. The van der Waals surface area contributed by atoms with Gasteiger partial charge in [-0.3, -0.25) is 9.59 Å². The van der Waals surface area contributed by atoms with Gasteiger partial charge in [-0.15, -0.1) is 0 Å². The average molecular weight is 444 g/mol. The fourth-order valence-corrected chi connectivity index (χ4v) is 3.41. The minimum atomic E-state index is -5.14. The molecule has 32 heavy (non-hydrogen) atoms. The third-order valence-electron chi connectivity index (χ3n) is 4.87. The molecule has 0 saturated carbocycles. The highest BCUT2D eigenvalue weighted by molar-refractivity contribution is 6.10. The van der Waals surface area contributed by atoms with Gasteiger partial charge in [-0.25, -0.2) is 4.98 Å². The van der Waals surface area contributed by atoms with Crippen molar-refractivity contribution in [2.75, 3.05) is 7.11 Å². The molecule has 1 amide bonds. The van der Waals surface area contributed by atoms with Crippen LogP contribution < -0.4 is 10.1 Å². The number of aromatic nitrogens is 1. The Kier molecular flexibility index (Phi) is 5.31. The highest BCUT2D eigenvalue weighted by atomic mass is 19.4. The van der Waals surface area contributed by atoms with E-state index in [1.165, 1.54) is 25.3 Å². The molecule has 4 rings (SSSR count). The van der Waals surface area contributed by atoms with E-state index in [0.29, 0.717) is 11.3 Å². The van der Waals surface area contributed by atoms with Gasteiger partial charge in [-0.2, -0.15) is 13.2 Å². The number of nitrogens with zero attached hydrogens (tertiary/aromatic N) is 1. The summed E-state index contributed by atoms with van der Waals surface area (Å²) in [5.74, 6) is -2.40. The number of fused-ring (bicyclic) bond motifs is 1. The van der Waals surface area contributed by atoms with E-state index in [4.69, 9.17) is 9.15 Å². The molecule has 0 spiro atoms. The normalized spacial score (nSPS) is 16.3. The van der Waals surface area contributed by atoms with Crippen LogP contribution in [0.3, 0.4) is 0 Å². The zero-order chi connectivity index (χ0) is 23.0. The predicted molar refractivity (Wildman–Crippen MR) is 105 cm³/mol. The van der Waals surface area contributed by atoms with Crippen molar-refractivity contribution in [2.24, 2.45) is 0 Å². The zero-order valence-corrected chi connectivity index (χ0v) is 16.4. The summed E-state index contributed by atoms with van der Waals surface area (Å²) >= 11 is 0. The van der Waals surface area contributed by atoms with Crippen LogP contribution in [0.4, 0.5) is 13.2 Å². The maximum absolute atomic E-state index is 13.8. The molecule has 0 bridgehead atoms. The number of benzene rings is 1. The van der Waals surface area contributed by atoms with Gasteiger partial charge in [0.15, 0.2) is 5.76 Å². The Morgan fingerprint density at radius 3 is 2.53 bits per heavy atom. The van der Waals surface area contributed by atoms with Gasteiger partial charge >= 0.3 is 6.18 Å². The number of rotatable bonds is 4. The summed E-state index contributed by atoms with van der Waals surface area (Å²) in [5, 5.41) is 12.6. The lowest BCUT2D eigenvalue weighted by Gasteiger charge is -2.18. The fraction of sp³-hybridized carbons (Fsp3) is 0.136. The quantitative estimate of drug-likeness (QED) is 0.594. The maximum Gasteiger partial charge on any atom is 0.431 e. The number of amides is 1. The number of ether oxygens (including phenoxy) is 1. The molecule has 164 valence electrons. The SMILES string of the molecule is COc1ccccc1-c1ccc2c(n1)C(O)C(C(=O)c1ccco1)=C(C(F)(F)F)NC2=O. The number of hydrogen-bond donors (Lipinski definition) is 2. The second kappa shape index (κ2) is 7.97. The van der Waals surface area contributed by atoms with Crippen molar-refractivity contribution in [3.63, 3.8) is 0 Å². The second-order valence-corrected chi connectivity index (χ2v) is 6.78. The van der Waals surface area contributed by atoms with Crippen molar-refractivity contribution in [1.82, 2.24) is 10.3 Å². The largest absolute Gasteiger partial charge is 0.496 e. The first kappa shape index (κ1) is 21.3. The van der Waals surface area contributed by atoms with Gasteiger partial charge in [0.2, 0.25) is 5.78 Å². The molecule has 0 aliphatic carbocycles. The number of halogens is 3. The van der Waals surface area contributed by atoms with Crippen LogP contribution in [0.25, 0.3) is 11.3 Å². The predicted octanol–water partition coefficient (Wildman–Crippen LogP) is 3.83. The molecule has 1 aliphatic heterocycles. The minimum Gasteiger partial charge on any atom is -0.496 e. The van der Waals surface area contributed by atoms with Crippen molar-refractivity contribution >= 4 is 11.7 Å². The van der Waals surface area contributed by atoms with Crippen LogP contribution in [-0.4, -0.2) is 35.1 Å². The number of pyridine rings is 1. The highest BCUT2D eigenvalue weighted by Gasteiger charge is 2.45. The molecular weight excluding hydrogens is 429 g/mol. The Morgan fingerprint density at radius 2 is 1.88 bits per heavy atom. The number of allylic oxidation sites excluding steroid dienone is 1. The molecule has 1 aromatic carbocycles. The maximum atomic E-state index is 13.8. The number of para-hydroxylation sites is 1. The highest BCUT2D eigenvalue weighted by Crippen LogP contribution is 2.38. The summed E-state index contributed by atoms with van der Waals surface area (Å²) in [6, 6.07) is 11.8. The second-order valence-electron chi connectivity index (χ2n) is 6.78. The number of aliphatic hydroxyl groups excluding tert-OH is 1. The lowest BCUT2D eigenvalue weighted by molar-refractivity contribution is -0.0973. The first-order valence-corrected chi connectivity index (χ1v) is 9.25. The lowest BCUT2D eigenvalue weighted by atomic mass is 9.96. The van der Waals surface area contributed by atoms with E-state index in [0.717, 1.165) is 12.3 Å². The van der Waals surface area contributed by atoms with Crippen LogP contribution in [0.2, 0.25) is 0 Å². The molecule has 1 unspecified atom stereocenters. The van der Waals surface area contributed by atoms with E-state index in [1.54, 1.807) is 29.6 Å². The molecule has 10 heteroatoms. The summed E-state index contributed by atoms with van der Waals surface area (Å²) < 4.78 is 51.6. The molecule has 2 N–H and O–H groups in total. The number of ketones is 1. The van der Waals surface area contributed by atoms with Crippen LogP contribution in [0.1, 0.15) is 32.7 Å². The van der Waals surface area contributed by atoms with E-state index in [9.17, 15) is 27.9 Å². The van der Waals surface area contributed by atoms with Crippen molar-refractivity contribution in [3.8, 4) is 17.0 Å². The molecule has 3 heterocycles.